The smallest absolute Gasteiger partial charge is 0.315 e. The summed E-state index contributed by atoms with van der Waals surface area (Å²) >= 11 is 1.02. The topological polar surface area (TPSA) is 123 Å². The van der Waals surface area contributed by atoms with Crippen LogP contribution in [0.5, 0.6) is 11.6 Å². The summed E-state index contributed by atoms with van der Waals surface area (Å²) in [7, 11) is 2.86. The number of methoxy groups -OCH3 is 2. The normalized spacial score (nSPS) is 11.9. The van der Waals surface area contributed by atoms with Gasteiger partial charge < -0.3 is 19.7 Å². The number of pyridine rings is 1. The van der Waals surface area contributed by atoms with Gasteiger partial charge in [-0.05, 0) is 6.07 Å². The second-order valence-electron chi connectivity index (χ2n) is 4.55. The molecule has 0 aliphatic rings. The summed E-state index contributed by atoms with van der Waals surface area (Å²) in [6.45, 7) is 0. The first kappa shape index (κ1) is 16.7. The van der Waals surface area contributed by atoms with E-state index in [-0.39, 0.29) is 10.8 Å². The van der Waals surface area contributed by atoms with Crippen molar-refractivity contribution in [2.75, 3.05) is 14.2 Å². The number of fused-ring (bicyclic) bond motifs is 1. The first-order valence-electron chi connectivity index (χ1n) is 6.38. The number of rotatable bonds is 7. The monoisotopic (exact) mass is 339 g/mol. The highest BCUT2D eigenvalue weighted by atomic mass is 32.1. The van der Waals surface area contributed by atoms with Crippen LogP contribution in [0.1, 0.15) is 16.1 Å². The number of carboxylic acids is 2. The van der Waals surface area contributed by atoms with E-state index >= 15 is 0 Å². The summed E-state index contributed by atoms with van der Waals surface area (Å²) in [4.78, 5) is 38.4. The lowest BCUT2D eigenvalue weighted by Crippen LogP contribution is -2.26. The highest BCUT2D eigenvalue weighted by molar-refractivity contribution is 7.20. The third-order valence-corrected chi connectivity index (χ3v) is 4.17. The minimum Gasteiger partial charge on any atom is -0.491 e. The molecule has 0 radical (unpaired) electrons. The summed E-state index contributed by atoms with van der Waals surface area (Å²) in [5.74, 6) is -4.62. The number of hydrogen-bond donors (Lipinski definition) is 2. The van der Waals surface area contributed by atoms with Crippen LogP contribution < -0.4 is 9.47 Å². The van der Waals surface area contributed by atoms with Gasteiger partial charge in [-0.1, -0.05) is 0 Å². The quantitative estimate of drug-likeness (QED) is 0.577. The largest absolute Gasteiger partial charge is 0.491 e. The molecule has 0 aromatic carbocycles. The SMILES string of the molecule is COc1cc2sc(C(=O)C(CC(=O)O)C(=O)O)cc2nc1OC. The molecule has 2 rings (SSSR count). The van der Waals surface area contributed by atoms with Crippen molar-refractivity contribution in [3.63, 3.8) is 0 Å². The number of nitrogens with zero attached hydrogens (tertiary/aromatic N) is 1. The van der Waals surface area contributed by atoms with E-state index in [2.05, 4.69) is 4.98 Å². The molecule has 8 nitrogen and oxygen atoms in total. The van der Waals surface area contributed by atoms with Crippen molar-refractivity contribution in [1.29, 1.82) is 0 Å². The lowest BCUT2D eigenvalue weighted by atomic mass is 9.99. The molecule has 2 N–H and O–H groups in total. The van der Waals surface area contributed by atoms with E-state index in [1.165, 1.54) is 20.3 Å². The fraction of sp³-hybridized carbons (Fsp3) is 0.286. The Bertz CT molecular complexity index is 742. The molecule has 2 heterocycles. The van der Waals surface area contributed by atoms with Crippen LogP contribution in [0.3, 0.4) is 0 Å². The first-order valence-corrected chi connectivity index (χ1v) is 7.20. The summed E-state index contributed by atoms with van der Waals surface area (Å²) < 4.78 is 10.8. The van der Waals surface area contributed by atoms with Crippen LogP contribution in [0.4, 0.5) is 0 Å². The molecule has 2 aromatic heterocycles. The van der Waals surface area contributed by atoms with Gasteiger partial charge in [0.15, 0.2) is 11.5 Å². The zero-order valence-electron chi connectivity index (χ0n) is 12.2. The van der Waals surface area contributed by atoms with Gasteiger partial charge in [0.05, 0.1) is 35.7 Å². The second-order valence-corrected chi connectivity index (χ2v) is 5.63. The van der Waals surface area contributed by atoms with Crippen molar-refractivity contribution < 1.29 is 34.1 Å². The maximum absolute atomic E-state index is 12.3. The highest BCUT2D eigenvalue weighted by Crippen LogP contribution is 2.34. The fourth-order valence-electron chi connectivity index (χ4n) is 1.98. The Morgan fingerprint density at radius 1 is 1.22 bits per heavy atom. The standard InChI is InChI=1S/C14H13NO7S/c1-21-8-5-9-7(15-13(8)22-2)4-10(23-9)12(18)6(14(19)20)3-11(16)17/h4-6H,3H2,1-2H3,(H,16,17)(H,19,20). The van der Waals surface area contributed by atoms with Gasteiger partial charge in [0.1, 0.15) is 5.92 Å². The maximum Gasteiger partial charge on any atom is 0.315 e. The molecule has 9 heteroatoms. The number of Topliss-reactive ketones (excluding diaryl/α,β-unsaturated/α-hetero) is 1. The minimum absolute atomic E-state index is 0.122. The van der Waals surface area contributed by atoms with Gasteiger partial charge in [-0.15, -0.1) is 11.3 Å². The lowest BCUT2D eigenvalue weighted by Gasteiger charge is -2.06. The predicted octanol–water partition coefficient (Wildman–Crippen LogP) is 1.67. The molecule has 1 unspecified atom stereocenters. The van der Waals surface area contributed by atoms with E-state index in [1.807, 2.05) is 0 Å². The number of aliphatic carboxylic acids is 2. The molecule has 0 fully saturated rings. The van der Waals surface area contributed by atoms with Crippen molar-refractivity contribution in [2.24, 2.45) is 5.92 Å². The van der Waals surface area contributed by atoms with Crippen molar-refractivity contribution >= 4 is 39.3 Å². The van der Waals surface area contributed by atoms with E-state index in [0.717, 1.165) is 11.3 Å². The van der Waals surface area contributed by atoms with Crippen molar-refractivity contribution in [2.45, 2.75) is 6.42 Å². The molecule has 0 saturated carbocycles. The predicted molar refractivity (Wildman–Crippen MR) is 80.4 cm³/mol. The Hall–Kier alpha value is -2.68. The van der Waals surface area contributed by atoms with Gasteiger partial charge >= 0.3 is 11.9 Å². The summed E-state index contributed by atoms with van der Waals surface area (Å²) in [5, 5.41) is 17.8. The van der Waals surface area contributed by atoms with Crippen molar-refractivity contribution in [3.8, 4) is 11.6 Å². The first-order chi connectivity index (χ1) is 10.9. The van der Waals surface area contributed by atoms with Crippen molar-refractivity contribution in [3.05, 3.63) is 17.0 Å². The number of hydrogen-bond acceptors (Lipinski definition) is 7. The van der Waals surface area contributed by atoms with Gasteiger partial charge in [0, 0.05) is 6.07 Å². The molecule has 0 aliphatic heterocycles. The average Bonchev–Trinajstić information content (AvgIpc) is 2.92. The Morgan fingerprint density at radius 2 is 1.91 bits per heavy atom. The molecular formula is C14H13NO7S. The number of ketones is 1. The van der Waals surface area contributed by atoms with Crippen LogP contribution in [-0.2, 0) is 9.59 Å². The van der Waals surface area contributed by atoms with E-state index in [0.29, 0.717) is 16.0 Å². The molecule has 0 spiro atoms. The van der Waals surface area contributed by atoms with Crippen LogP contribution >= 0.6 is 11.3 Å². The Labute approximate surface area is 134 Å². The highest BCUT2D eigenvalue weighted by Gasteiger charge is 2.31. The number of carbonyl (C=O) groups is 3. The van der Waals surface area contributed by atoms with E-state index in [1.54, 1.807) is 6.07 Å². The van der Waals surface area contributed by atoms with Gasteiger partial charge in [-0.3, -0.25) is 14.4 Å². The van der Waals surface area contributed by atoms with E-state index in [4.69, 9.17) is 19.7 Å². The molecule has 122 valence electrons. The summed E-state index contributed by atoms with van der Waals surface area (Å²) in [5.41, 5.74) is 0.440. The Morgan fingerprint density at radius 3 is 2.43 bits per heavy atom. The zero-order valence-corrected chi connectivity index (χ0v) is 13.0. The van der Waals surface area contributed by atoms with Crippen LogP contribution in [-0.4, -0.2) is 47.1 Å². The minimum atomic E-state index is -1.63. The maximum atomic E-state index is 12.3. The number of carboxylic acid groups (broad SMARTS) is 2. The molecule has 23 heavy (non-hydrogen) atoms. The van der Waals surface area contributed by atoms with Crippen LogP contribution in [0.2, 0.25) is 0 Å². The van der Waals surface area contributed by atoms with E-state index < -0.39 is 30.1 Å². The van der Waals surface area contributed by atoms with Crippen LogP contribution in [0.15, 0.2) is 12.1 Å². The van der Waals surface area contributed by atoms with Gasteiger partial charge in [-0.25, -0.2) is 4.98 Å². The van der Waals surface area contributed by atoms with Gasteiger partial charge in [-0.2, -0.15) is 0 Å². The molecule has 0 bridgehead atoms. The second kappa shape index (κ2) is 6.61. The molecule has 0 amide bonds. The fourth-order valence-corrected chi connectivity index (χ4v) is 3.01. The van der Waals surface area contributed by atoms with E-state index in [9.17, 15) is 14.4 Å². The van der Waals surface area contributed by atoms with Crippen LogP contribution in [0, 0.1) is 5.92 Å². The zero-order chi connectivity index (χ0) is 17.1. The Kier molecular flexibility index (Phi) is 4.80. The number of carbonyl (C=O) groups excluding carboxylic acids is 1. The molecule has 1 atom stereocenters. The van der Waals surface area contributed by atoms with Crippen molar-refractivity contribution in [1.82, 2.24) is 4.98 Å². The molecule has 0 aliphatic carbocycles. The average molecular weight is 339 g/mol. The lowest BCUT2D eigenvalue weighted by molar-refractivity contribution is -0.146. The summed E-state index contributed by atoms with van der Waals surface area (Å²) in [6, 6.07) is 3.04. The number of thiophene rings is 1. The third kappa shape index (κ3) is 3.39. The van der Waals surface area contributed by atoms with Crippen LogP contribution in [0.25, 0.3) is 10.2 Å². The number of aromatic nitrogens is 1. The third-order valence-electron chi connectivity index (χ3n) is 3.08. The number of ether oxygens (including phenoxy) is 2. The molecule has 2 aromatic rings. The summed E-state index contributed by atoms with van der Waals surface area (Å²) in [6.07, 6.45) is -0.775. The molecular weight excluding hydrogens is 326 g/mol. The Balaban J connectivity index is 2.44. The molecule has 0 saturated heterocycles. The van der Waals surface area contributed by atoms with Gasteiger partial charge in [0.25, 0.3) is 5.88 Å². The van der Waals surface area contributed by atoms with Gasteiger partial charge in [0.2, 0.25) is 0 Å².